The van der Waals surface area contributed by atoms with E-state index in [1.54, 1.807) is 12.1 Å². The summed E-state index contributed by atoms with van der Waals surface area (Å²) in [5.74, 6) is 0.311. The summed E-state index contributed by atoms with van der Waals surface area (Å²) in [5, 5.41) is 10.5. The van der Waals surface area contributed by atoms with E-state index in [9.17, 15) is 5.11 Å². The van der Waals surface area contributed by atoms with Crippen molar-refractivity contribution in [2.24, 2.45) is 5.73 Å². The molecule has 0 saturated heterocycles. The molecule has 0 unspecified atom stereocenters. The molecule has 14 heavy (non-hydrogen) atoms. The van der Waals surface area contributed by atoms with Crippen molar-refractivity contribution in [3.05, 3.63) is 30.0 Å². The smallest absolute Gasteiger partial charge is 0.116 e. The molecule has 0 aliphatic carbocycles. The number of aryl methyl sites for hydroxylation is 1. The number of nitrogens with two attached hydrogens (primary N) is 1. The molecule has 3 heteroatoms. The molecule has 0 amide bonds. The number of fused-ring (bicyclic) bond motifs is 1. The molecule has 74 valence electrons. The van der Waals surface area contributed by atoms with Crippen molar-refractivity contribution in [2.45, 2.75) is 13.5 Å². The third kappa shape index (κ3) is 1.36. The van der Waals surface area contributed by atoms with Gasteiger partial charge in [0.05, 0.1) is 0 Å². The normalized spacial score (nSPS) is 11.0. The van der Waals surface area contributed by atoms with Crippen molar-refractivity contribution >= 4 is 10.9 Å². The summed E-state index contributed by atoms with van der Waals surface area (Å²) in [7, 11) is 0. The Kier molecular flexibility index (Phi) is 2.17. The number of aromatic hydroxyl groups is 1. The first-order chi connectivity index (χ1) is 6.72. The monoisotopic (exact) mass is 190 g/mol. The Labute approximate surface area is 82.8 Å². The van der Waals surface area contributed by atoms with Gasteiger partial charge in [0.25, 0.3) is 0 Å². The lowest BCUT2D eigenvalue weighted by Crippen LogP contribution is -2.08. The van der Waals surface area contributed by atoms with Crippen LogP contribution in [0.4, 0.5) is 0 Å². The Morgan fingerprint density at radius 3 is 2.93 bits per heavy atom. The number of nitrogens with zero attached hydrogens (tertiary/aromatic N) is 1. The minimum Gasteiger partial charge on any atom is -0.508 e. The second kappa shape index (κ2) is 3.35. The van der Waals surface area contributed by atoms with Gasteiger partial charge in [-0.1, -0.05) is 0 Å². The molecule has 0 radical (unpaired) electrons. The summed E-state index contributed by atoms with van der Waals surface area (Å²) in [4.78, 5) is 0. The number of hydrogen-bond acceptors (Lipinski definition) is 2. The zero-order chi connectivity index (χ0) is 10.1. The maximum absolute atomic E-state index is 9.36. The van der Waals surface area contributed by atoms with Gasteiger partial charge in [0, 0.05) is 30.2 Å². The highest BCUT2D eigenvalue weighted by Crippen LogP contribution is 2.24. The van der Waals surface area contributed by atoms with Crippen LogP contribution >= 0.6 is 0 Å². The molecule has 3 nitrogen and oxygen atoms in total. The van der Waals surface area contributed by atoms with E-state index >= 15 is 0 Å². The molecule has 1 aromatic carbocycles. The molecule has 0 saturated carbocycles. The number of benzene rings is 1. The Morgan fingerprint density at radius 2 is 2.21 bits per heavy atom. The summed E-state index contributed by atoms with van der Waals surface area (Å²) in [6.45, 7) is 3.48. The van der Waals surface area contributed by atoms with Crippen molar-refractivity contribution in [3.8, 4) is 5.75 Å². The molecule has 3 N–H and O–H groups in total. The Bertz CT molecular complexity index is 460. The van der Waals surface area contributed by atoms with Gasteiger partial charge in [0.15, 0.2) is 0 Å². The average molecular weight is 190 g/mol. The zero-order valence-corrected chi connectivity index (χ0v) is 8.20. The minimum atomic E-state index is 0.311. The summed E-state index contributed by atoms with van der Waals surface area (Å²) >= 11 is 0. The molecular formula is C11H14N2O. The molecule has 1 heterocycles. The summed E-state index contributed by atoms with van der Waals surface area (Å²) in [5.41, 5.74) is 7.82. The Hall–Kier alpha value is -1.48. The molecule has 2 rings (SSSR count). The van der Waals surface area contributed by atoms with Crippen LogP contribution in [-0.2, 0) is 6.54 Å². The molecule has 0 aliphatic heterocycles. The van der Waals surface area contributed by atoms with Crippen LogP contribution in [0.15, 0.2) is 24.4 Å². The molecule has 0 fully saturated rings. The maximum Gasteiger partial charge on any atom is 0.116 e. The number of phenols is 1. The van der Waals surface area contributed by atoms with Gasteiger partial charge in [-0.05, 0) is 30.7 Å². The SMILES string of the molecule is Cc1cn(CCN)c2ccc(O)cc12. The predicted molar refractivity (Wildman–Crippen MR) is 57.4 cm³/mol. The highest BCUT2D eigenvalue weighted by molar-refractivity contribution is 5.85. The molecule has 0 atom stereocenters. The van der Waals surface area contributed by atoms with E-state index in [0.29, 0.717) is 12.3 Å². The van der Waals surface area contributed by atoms with E-state index in [4.69, 9.17) is 5.73 Å². The van der Waals surface area contributed by atoms with Crippen LogP contribution in [-0.4, -0.2) is 16.2 Å². The van der Waals surface area contributed by atoms with Gasteiger partial charge in [-0.15, -0.1) is 0 Å². The van der Waals surface area contributed by atoms with Crippen molar-refractivity contribution in [1.82, 2.24) is 4.57 Å². The number of hydrogen-bond donors (Lipinski definition) is 2. The van der Waals surface area contributed by atoms with Gasteiger partial charge >= 0.3 is 0 Å². The first-order valence-corrected chi connectivity index (χ1v) is 4.71. The van der Waals surface area contributed by atoms with Crippen LogP contribution in [0.3, 0.4) is 0 Å². The number of rotatable bonds is 2. The van der Waals surface area contributed by atoms with Crippen LogP contribution < -0.4 is 5.73 Å². The first kappa shape index (κ1) is 9.09. The molecule has 2 aromatic rings. The first-order valence-electron chi connectivity index (χ1n) is 4.71. The third-order valence-corrected chi connectivity index (χ3v) is 2.43. The summed E-state index contributed by atoms with van der Waals surface area (Å²) < 4.78 is 2.12. The lowest BCUT2D eigenvalue weighted by Gasteiger charge is -2.02. The number of phenolic OH excluding ortho intramolecular Hbond substituents is 1. The topological polar surface area (TPSA) is 51.2 Å². The quantitative estimate of drug-likeness (QED) is 0.756. The fourth-order valence-corrected chi connectivity index (χ4v) is 1.79. The van der Waals surface area contributed by atoms with Crippen LogP contribution in [0.1, 0.15) is 5.56 Å². The lowest BCUT2D eigenvalue weighted by atomic mass is 10.2. The fourth-order valence-electron chi connectivity index (χ4n) is 1.79. The fraction of sp³-hybridized carbons (Fsp3) is 0.273. The standard InChI is InChI=1S/C11H14N2O/c1-8-7-13(5-4-12)11-3-2-9(14)6-10(8)11/h2-3,6-7,14H,4-5,12H2,1H3. The van der Waals surface area contributed by atoms with Crippen LogP contribution in [0, 0.1) is 6.92 Å². The van der Waals surface area contributed by atoms with Crippen molar-refractivity contribution in [1.29, 1.82) is 0 Å². The van der Waals surface area contributed by atoms with E-state index in [0.717, 1.165) is 17.4 Å². The summed E-state index contributed by atoms with van der Waals surface area (Å²) in [6.07, 6.45) is 2.07. The third-order valence-electron chi connectivity index (χ3n) is 2.43. The van der Waals surface area contributed by atoms with Gasteiger partial charge in [-0.3, -0.25) is 0 Å². The van der Waals surface area contributed by atoms with E-state index in [-0.39, 0.29) is 0 Å². The molecular weight excluding hydrogens is 176 g/mol. The second-order valence-electron chi connectivity index (χ2n) is 3.50. The Balaban J connectivity index is 2.65. The van der Waals surface area contributed by atoms with Crippen LogP contribution in [0.2, 0.25) is 0 Å². The lowest BCUT2D eigenvalue weighted by molar-refractivity contribution is 0.476. The van der Waals surface area contributed by atoms with Crippen LogP contribution in [0.25, 0.3) is 10.9 Å². The largest absolute Gasteiger partial charge is 0.508 e. The van der Waals surface area contributed by atoms with Gasteiger partial charge in [0.1, 0.15) is 5.75 Å². The van der Waals surface area contributed by atoms with Crippen molar-refractivity contribution in [2.75, 3.05) is 6.54 Å². The van der Waals surface area contributed by atoms with E-state index in [1.807, 2.05) is 13.0 Å². The minimum absolute atomic E-state index is 0.311. The van der Waals surface area contributed by atoms with Gasteiger partial charge < -0.3 is 15.4 Å². The van der Waals surface area contributed by atoms with E-state index in [1.165, 1.54) is 5.56 Å². The highest BCUT2D eigenvalue weighted by atomic mass is 16.3. The van der Waals surface area contributed by atoms with Gasteiger partial charge in [-0.25, -0.2) is 0 Å². The molecule has 1 aromatic heterocycles. The number of aromatic nitrogens is 1. The molecule has 0 bridgehead atoms. The molecule has 0 spiro atoms. The van der Waals surface area contributed by atoms with Gasteiger partial charge in [0.2, 0.25) is 0 Å². The van der Waals surface area contributed by atoms with E-state index < -0.39 is 0 Å². The Morgan fingerprint density at radius 1 is 1.43 bits per heavy atom. The second-order valence-corrected chi connectivity index (χ2v) is 3.50. The van der Waals surface area contributed by atoms with Crippen molar-refractivity contribution < 1.29 is 5.11 Å². The van der Waals surface area contributed by atoms with Gasteiger partial charge in [-0.2, -0.15) is 0 Å². The maximum atomic E-state index is 9.36. The zero-order valence-electron chi connectivity index (χ0n) is 8.20. The van der Waals surface area contributed by atoms with Crippen molar-refractivity contribution in [3.63, 3.8) is 0 Å². The van der Waals surface area contributed by atoms with Crippen LogP contribution in [0.5, 0.6) is 5.75 Å². The molecule has 0 aliphatic rings. The highest BCUT2D eigenvalue weighted by Gasteiger charge is 2.04. The summed E-state index contributed by atoms with van der Waals surface area (Å²) in [6, 6.07) is 5.42. The predicted octanol–water partition coefficient (Wildman–Crippen LogP) is 1.61. The van der Waals surface area contributed by atoms with E-state index in [2.05, 4.69) is 10.8 Å². The average Bonchev–Trinajstić information content (AvgIpc) is 2.44.